The summed E-state index contributed by atoms with van der Waals surface area (Å²) in [7, 11) is 0. The van der Waals surface area contributed by atoms with Crippen LogP contribution >= 0.6 is 0 Å². The third kappa shape index (κ3) is 2.06. The minimum absolute atomic E-state index is 0.162. The number of nitriles is 1. The van der Waals surface area contributed by atoms with Crippen LogP contribution in [0, 0.1) is 11.3 Å². The second kappa shape index (κ2) is 3.49. The van der Waals surface area contributed by atoms with Gasteiger partial charge in [0.1, 0.15) is 11.8 Å². The summed E-state index contributed by atoms with van der Waals surface area (Å²) in [6.45, 7) is 1.41. The van der Waals surface area contributed by atoms with E-state index in [1.165, 1.54) is 19.2 Å². The second-order valence-electron chi connectivity index (χ2n) is 2.22. The van der Waals surface area contributed by atoms with Crippen molar-refractivity contribution in [2.24, 2.45) is 0 Å². The molecule has 4 nitrogen and oxygen atoms in total. The SMILES string of the molecule is CC(=O)Nc1ccnc(C#N)c1. The molecule has 0 bridgehead atoms. The lowest BCUT2D eigenvalue weighted by atomic mass is 10.3. The molecule has 1 heterocycles. The highest BCUT2D eigenvalue weighted by atomic mass is 16.1. The summed E-state index contributed by atoms with van der Waals surface area (Å²) in [6, 6.07) is 5.02. The van der Waals surface area contributed by atoms with Crippen molar-refractivity contribution in [2.75, 3.05) is 5.32 Å². The monoisotopic (exact) mass is 161 g/mol. The Labute approximate surface area is 69.8 Å². The van der Waals surface area contributed by atoms with Gasteiger partial charge in [-0.3, -0.25) is 4.79 Å². The molecule has 12 heavy (non-hydrogen) atoms. The Bertz CT molecular complexity index is 340. The summed E-state index contributed by atoms with van der Waals surface area (Å²) in [5.74, 6) is -0.162. The van der Waals surface area contributed by atoms with Crippen molar-refractivity contribution in [2.45, 2.75) is 6.92 Å². The van der Waals surface area contributed by atoms with Crippen molar-refractivity contribution in [3.05, 3.63) is 24.0 Å². The van der Waals surface area contributed by atoms with E-state index in [2.05, 4.69) is 10.3 Å². The highest BCUT2D eigenvalue weighted by Gasteiger charge is 1.96. The van der Waals surface area contributed by atoms with Crippen LogP contribution in [0.5, 0.6) is 0 Å². The number of pyridine rings is 1. The number of nitrogens with one attached hydrogen (secondary N) is 1. The van der Waals surface area contributed by atoms with Gasteiger partial charge in [-0.1, -0.05) is 0 Å². The Morgan fingerprint density at radius 1 is 1.75 bits per heavy atom. The topological polar surface area (TPSA) is 65.8 Å². The van der Waals surface area contributed by atoms with Crippen molar-refractivity contribution in [1.29, 1.82) is 5.26 Å². The number of hydrogen-bond acceptors (Lipinski definition) is 3. The zero-order valence-electron chi connectivity index (χ0n) is 6.53. The van der Waals surface area contributed by atoms with E-state index in [-0.39, 0.29) is 5.91 Å². The normalized spacial score (nSPS) is 8.67. The molecule has 1 aromatic heterocycles. The number of rotatable bonds is 1. The maximum absolute atomic E-state index is 10.6. The summed E-state index contributed by atoms with van der Waals surface area (Å²) >= 11 is 0. The van der Waals surface area contributed by atoms with Gasteiger partial charge in [0.05, 0.1) is 0 Å². The third-order valence-electron chi connectivity index (χ3n) is 1.19. The highest BCUT2D eigenvalue weighted by molar-refractivity contribution is 5.88. The third-order valence-corrected chi connectivity index (χ3v) is 1.19. The predicted octanol–water partition coefficient (Wildman–Crippen LogP) is 0.912. The Hall–Kier alpha value is -1.89. The number of nitrogens with zero attached hydrogens (tertiary/aromatic N) is 2. The smallest absolute Gasteiger partial charge is 0.221 e. The van der Waals surface area contributed by atoms with E-state index in [4.69, 9.17) is 5.26 Å². The zero-order valence-corrected chi connectivity index (χ0v) is 6.53. The van der Waals surface area contributed by atoms with E-state index >= 15 is 0 Å². The number of carbonyl (C=O) groups excluding carboxylic acids is 1. The highest BCUT2D eigenvalue weighted by Crippen LogP contribution is 2.06. The Kier molecular flexibility index (Phi) is 2.38. The summed E-state index contributed by atoms with van der Waals surface area (Å²) in [6.07, 6.45) is 1.48. The van der Waals surface area contributed by atoms with Gasteiger partial charge in [-0.2, -0.15) is 5.26 Å². The second-order valence-corrected chi connectivity index (χ2v) is 2.22. The average Bonchev–Trinajstić information content (AvgIpc) is 2.03. The number of amides is 1. The van der Waals surface area contributed by atoms with Gasteiger partial charge in [0.2, 0.25) is 5.91 Å². The van der Waals surface area contributed by atoms with Gasteiger partial charge in [0.25, 0.3) is 0 Å². The summed E-state index contributed by atoms with van der Waals surface area (Å²) in [5.41, 5.74) is 0.885. The van der Waals surface area contributed by atoms with Crippen molar-refractivity contribution >= 4 is 11.6 Å². The molecule has 0 saturated carbocycles. The quantitative estimate of drug-likeness (QED) is 0.665. The number of anilines is 1. The van der Waals surface area contributed by atoms with E-state index in [0.717, 1.165) is 0 Å². The Morgan fingerprint density at radius 3 is 3.08 bits per heavy atom. The van der Waals surface area contributed by atoms with E-state index in [9.17, 15) is 4.79 Å². The largest absolute Gasteiger partial charge is 0.326 e. The average molecular weight is 161 g/mol. The molecular weight excluding hydrogens is 154 g/mol. The summed E-state index contributed by atoms with van der Waals surface area (Å²) < 4.78 is 0. The lowest BCUT2D eigenvalue weighted by Crippen LogP contribution is -2.05. The van der Waals surface area contributed by atoms with Gasteiger partial charge in [-0.15, -0.1) is 0 Å². The minimum Gasteiger partial charge on any atom is -0.326 e. The van der Waals surface area contributed by atoms with Gasteiger partial charge < -0.3 is 5.32 Å². The maximum Gasteiger partial charge on any atom is 0.221 e. The van der Waals surface area contributed by atoms with Crippen LogP contribution < -0.4 is 5.32 Å². The molecule has 0 spiro atoms. The lowest BCUT2D eigenvalue weighted by Gasteiger charge is -1.99. The molecule has 0 aromatic carbocycles. The molecule has 0 aliphatic carbocycles. The standard InChI is InChI=1S/C8H7N3O/c1-6(12)11-7-2-3-10-8(4-7)5-9/h2-4H,1H3,(H,10,11,12). The number of carbonyl (C=O) groups is 1. The molecule has 1 amide bonds. The first-order valence-electron chi connectivity index (χ1n) is 3.36. The molecule has 4 heteroatoms. The van der Waals surface area contributed by atoms with Gasteiger partial charge in [0.15, 0.2) is 0 Å². The lowest BCUT2D eigenvalue weighted by molar-refractivity contribution is -0.114. The van der Waals surface area contributed by atoms with Crippen molar-refractivity contribution < 1.29 is 4.79 Å². The van der Waals surface area contributed by atoms with Crippen LogP contribution in [0.3, 0.4) is 0 Å². The molecule has 60 valence electrons. The van der Waals surface area contributed by atoms with Crippen LogP contribution in [0.4, 0.5) is 5.69 Å². The van der Waals surface area contributed by atoms with Crippen LogP contribution in [-0.2, 0) is 4.79 Å². The molecular formula is C8H7N3O. The van der Waals surface area contributed by atoms with Crippen LogP contribution in [0.25, 0.3) is 0 Å². The van der Waals surface area contributed by atoms with Crippen LogP contribution in [0.15, 0.2) is 18.3 Å². The summed E-state index contributed by atoms with van der Waals surface area (Å²) in [5, 5.41) is 11.0. The number of hydrogen-bond donors (Lipinski definition) is 1. The van der Waals surface area contributed by atoms with Crippen LogP contribution in [0.2, 0.25) is 0 Å². The molecule has 0 aliphatic heterocycles. The van der Waals surface area contributed by atoms with E-state index in [1.807, 2.05) is 6.07 Å². The van der Waals surface area contributed by atoms with Gasteiger partial charge in [-0.05, 0) is 12.1 Å². The van der Waals surface area contributed by atoms with Crippen molar-refractivity contribution in [3.8, 4) is 6.07 Å². The fraction of sp³-hybridized carbons (Fsp3) is 0.125. The predicted molar refractivity (Wildman–Crippen MR) is 43.3 cm³/mol. The van der Waals surface area contributed by atoms with E-state index in [1.54, 1.807) is 6.07 Å². The van der Waals surface area contributed by atoms with Gasteiger partial charge in [0, 0.05) is 18.8 Å². The fourth-order valence-electron chi connectivity index (χ4n) is 0.773. The first-order chi connectivity index (χ1) is 5.72. The molecule has 0 atom stereocenters. The summed E-state index contributed by atoms with van der Waals surface area (Å²) in [4.78, 5) is 14.4. The fourth-order valence-corrected chi connectivity index (χ4v) is 0.773. The van der Waals surface area contributed by atoms with Gasteiger partial charge >= 0.3 is 0 Å². The van der Waals surface area contributed by atoms with Gasteiger partial charge in [-0.25, -0.2) is 4.98 Å². The van der Waals surface area contributed by atoms with Crippen LogP contribution in [0.1, 0.15) is 12.6 Å². The first-order valence-corrected chi connectivity index (χ1v) is 3.36. The molecule has 1 N–H and O–H groups in total. The number of aromatic nitrogens is 1. The maximum atomic E-state index is 10.6. The molecule has 0 saturated heterocycles. The minimum atomic E-state index is -0.162. The van der Waals surface area contributed by atoms with Crippen molar-refractivity contribution in [3.63, 3.8) is 0 Å². The molecule has 0 unspecified atom stereocenters. The van der Waals surface area contributed by atoms with E-state index < -0.39 is 0 Å². The molecule has 1 aromatic rings. The Balaban J connectivity index is 2.88. The van der Waals surface area contributed by atoms with Crippen molar-refractivity contribution in [1.82, 2.24) is 4.98 Å². The molecule has 0 fully saturated rings. The molecule has 0 aliphatic rings. The van der Waals surface area contributed by atoms with Crippen LogP contribution in [-0.4, -0.2) is 10.9 Å². The molecule has 0 radical (unpaired) electrons. The Morgan fingerprint density at radius 2 is 2.50 bits per heavy atom. The van der Waals surface area contributed by atoms with E-state index in [0.29, 0.717) is 11.4 Å². The zero-order chi connectivity index (χ0) is 8.97. The molecule has 1 rings (SSSR count). The first kappa shape index (κ1) is 8.21.